The number of aliphatic hydroxyl groups excluding tert-OH is 1. The van der Waals surface area contributed by atoms with Crippen LogP contribution in [0, 0.1) is 0 Å². The Balaban J connectivity index is 2.11. The van der Waals surface area contributed by atoms with Crippen molar-refractivity contribution in [2.75, 3.05) is 23.9 Å². The number of nitrogens with two attached hydrogens (primary N) is 1. The molecule has 19 heavy (non-hydrogen) atoms. The van der Waals surface area contributed by atoms with Gasteiger partial charge in [-0.25, -0.2) is 10.8 Å². The van der Waals surface area contributed by atoms with Gasteiger partial charge in [0.1, 0.15) is 5.82 Å². The zero-order valence-electron chi connectivity index (χ0n) is 10.8. The van der Waals surface area contributed by atoms with Crippen LogP contribution in [0.5, 0.6) is 0 Å². The van der Waals surface area contributed by atoms with Crippen molar-refractivity contribution < 1.29 is 5.11 Å². The van der Waals surface area contributed by atoms with Gasteiger partial charge in [0.25, 0.3) is 0 Å². The number of hydrogen-bond donors (Lipinski definition) is 4. The van der Waals surface area contributed by atoms with Crippen LogP contribution < -0.4 is 16.6 Å². The van der Waals surface area contributed by atoms with E-state index in [2.05, 4.69) is 20.7 Å². The fourth-order valence-electron chi connectivity index (χ4n) is 1.90. The first kappa shape index (κ1) is 13.5. The van der Waals surface area contributed by atoms with E-state index >= 15 is 0 Å². The van der Waals surface area contributed by atoms with E-state index in [9.17, 15) is 0 Å². The highest BCUT2D eigenvalue weighted by molar-refractivity contribution is 5.89. The van der Waals surface area contributed by atoms with Crippen LogP contribution in [0.25, 0.3) is 10.9 Å². The average Bonchev–Trinajstić information content (AvgIpc) is 2.46. The monoisotopic (exact) mass is 261 g/mol. The predicted molar refractivity (Wildman–Crippen MR) is 76.8 cm³/mol. The Morgan fingerprint density at radius 1 is 1.11 bits per heavy atom. The summed E-state index contributed by atoms with van der Waals surface area (Å²) < 4.78 is 0. The Labute approximate surface area is 112 Å². The lowest BCUT2D eigenvalue weighted by Crippen LogP contribution is -2.13. The van der Waals surface area contributed by atoms with Crippen molar-refractivity contribution in [1.82, 2.24) is 9.97 Å². The van der Waals surface area contributed by atoms with Crippen molar-refractivity contribution in [3.8, 4) is 0 Å². The molecule has 2 rings (SSSR count). The largest absolute Gasteiger partial charge is 0.396 e. The van der Waals surface area contributed by atoms with Gasteiger partial charge < -0.3 is 10.4 Å². The molecule has 0 aliphatic rings. The molecular weight excluding hydrogens is 242 g/mol. The van der Waals surface area contributed by atoms with E-state index < -0.39 is 0 Å². The van der Waals surface area contributed by atoms with E-state index in [0.717, 1.165) is 42.5 Å². The molecule has 0 fully saturated rings. The molecule has 0 unspecified atom stereocenters. The molecule has 0 aliphatic carbocycles. The van der Waals surface area contributed by atoms with Crippen LogP contribution in [0.3, 0.4) is 0 Å². The van der Waals surface area contributed by atoms with E-state index in [-0.39, 0.29) is 6.61 Å². The number of anilines is 2. The number of aliphatic hydroxyl groups is 1. The molecule has 1 aromatic heterocycles. The van der Waals surface area contributed by atoms with Crippen molar-refractivity contribution in [1.29, 1.82) is 0 Å². The standard InChI is InChI=1S/C13H19N5O/c14-18-13-16-11-7-3-2-6-10(11)12(17-13)15-8-4-1-5-9-19/h2-3,6-7,19H,1,4-5,8-9,14H2,(H2,15,16,17,18). The number of nitrogens with one attached hydrogen (secondary N) is 2. The van der Waals surface area contributed by atoms with Crippen molar-refractivity contribution >= 4 is 22.7 Å². The van der Waals surface area contributed by atoms with E-state index in [1.165, 1.54) is 0 Å². The summed E-state index contributed by atoms with van der Waals surface area (Å²) in [5, 5.41) is 13.0. The Bertz CT molecular complexity index is 531. The molecule has 0 saturated heterocycles. The van der Waals surface area contributed by atoms with Gasteiger partial charge in [-0.2, -0.15) is 4.98 Å². The maximum absolute atomic E-state index is 8.73. The molecule has 6 nitrogen and oxygen atoms in total. The minimum Gasteiger partial charge on any atom is -0.396 e. The first-order valence-electron chi connectivity index (χ1n) is 6.43. The first-order chi connectivity index (χ1) is 9.35. The van der Waals surface area contributed by atoms with Gasteiger partial charge in [-0.15, -0.1) is 0 Å². The van der Waals surface area contributed by atoms with Crippen LogP contribution in [0.1, 0.15) is 19.3 Å². The summed E-state index contributed by atoms with van der Waals surface area (Å²) in [5.74, 6) is 6.55. The Kier molecular flexibility index (Phi) is 4.88. The number of nitrogens with zero attached hydrogens (tertiary/aromatic N) is 2. The van der Waals surface area contributed by atoms with E-state index in [1.54, 1.807) is 0 Å². The smallest absolute Gasteiger partial charge is 0.239 e. The highest BCUT2D eigenvalue weighted by atomic mass is 16.2. The summed E-state index contributed by atoms with van der Waals surface area (Å²) in [6, 6.07) is 7.79. The quantitative estimate of drug-likeness (QED) is 0.342. The zero-order valence-corrected chi connectivity index (χ0v) is 10.8. The Morgan fingerprint density at radius 2 is 1.95 bits per heavy atom. The van der Waals surface area contributed by atoms with Crippen LogP contribution in [0.4, 0.5) is 11.8 Å². The molecule has 0 atom stereocenters. The number of rotatable bonds is 7. The number of unbranched alkanes of at least 4 members (excludes halogenated alkanes) is 2. The van der Waals surface area contributed by atoms with Crippen molar-refractivity contribution in [2.45, 2.75) is 19.3 Å². The van der Waals surface area contributed by atoms with Gasteiger partial charge in [-0.1, -0.05) is 12.1 Å². The summed E-state index contributed by atoms with van der Waals surface area (Å²) in [4.78, 5) is 8.62. The molecule has 1 heterocycles. The van der Waals surface area contributed by atoms with E-state index in [0.29, 0.717) is 5.95 Å². The second-order valence-electron chi connectivity index (χ2n) is 4.27. The number of hydrazine groups is 1. The molecule has 0 aliphatic heterocycles. The highest BCUT2D eigenvalue weighted by Crippen LogP contribution is 2.21. The van der Waals surface area contributed by atoms with Gasteiger partial charge in [-0.3, -0.25) is 5.43 Å². The van der Waals surface area contributed by atoms with E-state index in [1.807, 2.05) is 24.3 Å². The molecule has 0 radical (unpaired) electrons. The van der Waals surface area contributed by atoms with Gasteiger partial charge in [0, 0.05) is 18.5 Å². The molecule has 2 aromatic rings. The second kappa shape index (κ2) is 6.86. The molecule has 5 N–H and O–H groups in total. The Morgan fingerprint density at radius 3 is 2.74 bits per heavy atom. The first-order valence-corrected chi connectivity index (χ1v) is 6.43. The third-order valence-electron chi connectivity index (χ3n) is 2.86. The maximum atomic E-state index is 8.73. The average molecular weight is 261 g/mol. The van der Waals surface area contributed by atoms with Crippen LogP contribution in [0.2, 0.25) is 0 Å². The fraction of sp³-hybridized carbons (Fsp3) is 0.385. The SMILES string of the molecule is NNc1nc(NCCCCCO)c2ccccc2n1. The van der Waals surface area contributed by atoms with Gasteiger partial charge in [0.2, 0.25) is 5.95 Å². The number of para-hydroxylation sites is 1. The van der Waals surface area contributed by atoms with Crippen LogP contribution >= 0.6 is 0 Å². The lowest BCUT2D eigenvalue weighted by Gasteiger charge is -2.10. The molecule has 0 bridgehead atoms. The van der Waals surface area contributed by atoms with Crippen LogP contribution in [0.15, 0.2) is 24.3 Å². The topological polar surface area (TPSA) is 96.1 Å². The molecule has 0 saturated carbocycles. The summed E-state index contributed by atoms with van der Waals surface area (Å²) in [7, 11) is 0. The highest BCUT2D eigenvalue weighted by Gasteiger charge is 2.05. The lowest BCUT2D eigenvalue weighted by molar-refractivity contribution is 0.283. The van der Waals surface area contributed by atoms with E-state index in [4.69, 9.17) is 10.9 Å². The van der Waals surface area contributed by atoms with Gasteiger partial charge in [-0.05, 0) is 31.4 Å². The molecular formula is C13H19N5O. The third kappa shape index (κ3) is 3.52. The lowest BCUT2D eigenvalue weighted by atomic mass is 10.2. The molecule has 102 valence electrons. The summed E-state index contributed by atoms with van der Waals surface area (Å²) >= 11 is 0. The minimum absolute atomic E-state index is 0.248. The molecule has 0 amide bonds. The van der Waals surface area contributed by atoms with Crippen molar-refractivity contribution in [3.05, 3.63) is 24.3 Å². The number of fused-ring (bicyclic) bond motifs is 1. The minimum atomic E-state index is 0.248. The van der Waals surface area contributed by atoms with Crippen molar-refractivity contribution in [3.63, 3.8) is 0 Å². The second-order valence-corrected chi connectivity index (χ2v) is 4.27. The molecule has 6 heteroatoms. The fourth-order valence-corrected chi connectivity index (χ4v) is 1.90. The van der Waals surface area contributed by atoms with Crippen LogP contribution in [-0.4, -0.2) is 28.2 Å². The normalized spacial score (nSPS) is 10.6. The summed E-state index contributed by atoms with van der Waals surface area (Å²) in [6.45, 7) is 1.06. The van der Waals surface area contributed by atoms with Gasteiger partial charge >= 0.3 is 0 Å². The number of nitrogen functional groups attached to an aromatic ring is 1. The third-order valence-corrected chi connectivity index (χ3v) is 2.86. The predicted octanol–water partition coefficient (Wildman–Crippen LogP) is 1.49. The zero-order chi connectivity index (χ0) is 13.5. The molecule has 0 spiro atoms. The molecule has 1 aromatic carbocycles. The number of aromatic nitrogens is 2. The Hall–Kier alpha value is -1.92. The van der Waals surface area contributed by atoms with Gasteiger partial charge in [0.05, 0.1) is 5.52 Å². The summed E-state index contributed by atoms with van der Waals surface area (Å²) in [5.41, 5.74) is 3.33. The van der Waals surface area contributed by atoms with Crippen molar-refractivity contribution in [2.24, 2.45) is 5.84 Å². The summed E-state index contributed by atoms with van der Waals surface area (Å²) in [6.07, 6.45) is 2.82. The number of hydrogen-bond acceptors (Lipinski definition) is 6. The number of benzene rings is 1. The van der Waals surface area contributed by atoms with Gasteiger partial charge in [0.15, 0.2) is 0 Å². The van der Waals surface area contributed by atoms with Crippen LogP contribution in [-0.2, 0) is 0 Å². The maximum Gasteiger partial charge on any atom is 0.239 e.